The van der Waals surface area contributed by atoms with Gasteiger partial charge in [0.15, 0.2) is 11.0 Å². The molecule has 0 aliphatic carbocycles. The quantitative estimate of drug-likeness (QED) is 0.480. The van der Waals surface area contributed by atoms with Gasteiger partial charge in [-0.3, -0.25) is 9.36 Å². The highest BCUT2D eigenvalue weighted by Gasteiger charge is 2.16. The minimum atomic E-state index is -0.103. The number of para-hydroxylation sites is 1. The van der Waals surface area contributed by atoms with Crippen LogP contribution in [0.4, 0.5) is 5.69 Å². The first kappa shape index (κ1) is 18.2. The van der Waals surface area contributed by atoms with E-state index in [1.807, 2.05) is 59.2 Å². The van der Waals surface area contributed by atoms with E-state index in [0.717, 1.165) is 11.3 Å². The second kappa shape index (κ2) is 8.69. The van der Waals surface area contributed by atoms with Crippen molar-refractivity contribution in [2.24, 2.45) is 0 Å². The molecule has 1 amide bonds. The van der Waals surface area contributed by atoms with E-state index in [1.54, 1.807) is 6.08 Å². The number of hydrogen-bond donors (Lipinski definition) is 1. The molecule has 0 fully saturated rings. The lowest BCUT2D eigenvalue weighted by molar-refractivity contribution is -0.113. The van der Waals surface area contributed by atoms with Crippen molar-refractivity contribution in [3.63, 3.8) is 0 Å². The molecule has 0 atom stereocenters. The summed E-state index contributed by atoms with van der Waals surface area (Å²) in [7, 11) is 0. The predicted octanol–water partition coefficient (Wildman–Crippen LogP) is 4.52. The number of hydrogen-bond acceptors (Lipinski definition) is 4. The Morgan fingerprint density at radius 3 is 2.62 bits per heavy atom. The van der Waals surface area contributed by atoms with E-state index in [9.17, 15) is 4.79 Å². The van der Waals surface area contributed by atoms with Crippen LogP contribution in [0.2, 0.25) is 5.02 Å². The fourth-order valence-corrected chi connectivity index (χ4v) is 3.35. The average Bonchev–Trinajstić information content (AvgIpc) is 3.04. The number of rotatable bonds is 7. The smallest absolute Gasteiger partial charge is 0.234 e. The predicted molar refractivity (Wildman–Crippen MR) is 106 cm³/mol. The summed E-state index contributed by atoms with van der Waals surface area (Å²) >= 11 is 7.60. The second-order valence-electron chi connectivity index (χ2n) is 5.39. The van der Waals surface area contributed by atoms with E-state index in [2.05, 4.69) is 22.1 Å². The van der Waals surface area contributed by atoms with Crippen molar-refractivity contribution in [1.29, 1.82) is 0 Å². The van der Waals surface area contributed by atoms with Gasteiger partial charge in [0, 0.05) is 17.8 Å². The van der Waals surface area contributed by atoms with Gasteiger partial charge < -0.3 is 5.32 Å². The summed E-state index contributed by atoms with van der Waals surface area (Å²) in [4.78, 5) is 12.2. The minimum Gasteiger partial charge on any atom is -0.325 e. The molecule has 132 valence electrons. The Morgan fingerprint density at radius 1 is 1.15 bits per heavy atom. The fourth-order valence-electron chi connectivity index (χ4n) is 2.38. The normalized spacial score (nSPS) is 10.5. The highest BCUT2D eigenvalue weighted by Crippen LogP contribution is 2.29. The van der Waals surface area contributed by atoms with Gasteiger partial charge in [-0.2, -0.15) is 0 Å². The van der Waals surface area contributed by atoms with Crippen molar-refractivity contribution >= 4 is 35.0 Å². The molecular weight excluding hydrogens is 368 g/mol. The fraction of sp³-hybridized carbons (Fsp3) is 0.105. The standard InChI is InChI=1S/C19H17ClN4OS/c1-2-12-24-18(15-10-6-7-11-16(15)20)22-23-19(24)26-13-17(25)21-14-8-4-3-5-9-14/h2-11H,1,12-13H2,(H,21,25). The summed E-state index contributed by atoms with van der Waals surface area (Å²) in [5, 5.41) is 12.6. The molecule has 1 N–H and O–H groups in total. The summed E-state index contributed by atoms with van der Waals surface area (Å²) in [6.07, 6.45) is 1.76. The van der Waals surface area contributed by atoms with Crippen molar-refractivity contribution in [2.45, 2.75) is 11.7 Å². The summed E-state index contributed by atoms with van der Waals surface area (Å²) in [6.45, 7) is 4.31. The number of aromatic nitrogens is 3. The van der Waals surface area contributed by atoms with Crippen molar-refractivity contribution in [3.05, 3.63) is 72.3 Å². The summed E-state index contributed by atoms with van der Waals surface area (Å²) in [5.41, 5.74) is 1.56. The van der Waals surface area contributed by atoms with Gasteiger partial charge in [-0.15, -0.1) is 16.8 Å². The second-order valence-corrected chi connectivity index (χ2v) is 6.74. The van der Waals surface area contributed by atoms with Gasteiger partial charge in [0.1, 0.15) is 0 Å². The zero-order valence-electron chi connectivity index (χ0n) is 13.9. The molecule has 1 heterocycles. The van der Waals surface area contributed by atoms with Crippen LogP contribution < -0.4 is 5.32 Å². The molecule has 5 nitrogen and oxygen atoms in total. The number of anilines is 1. The first-order valence-electron chi connectivity index (χ1n) is 7.95. The molecule has 0 saturated heterocycles. The molecule has 2 aromatic carbocycles. The average molecular weight is 385 g/mol. The summed E-state index contributed by atoms with van der Waals surface area (Å²) in [6, 6.07) is 16.8. The van der Waals surface area contributed by atoms with Gasteiger partial charge in [0.2, 0.25) is 5.91 Å². The Balaban J connectivity index is 1.75. The zero-order valence-corrected chi connectivity index (χ0v) is 15.5. The largest absolute Gasteiger partial charge is 0.325 e. The van der Waals surface area contributed by atoms with Gasteiger partial charge in [-0.1, -0.05) is 59.8 Å². The molecule has 0 aliphatic rings. The Labute approximate surface area is 161 Å². The molecule has 0 saturated carbocycles. The molecule has 0 bridgehead atoms. The number of thioether (sulfide) groups is 1. The maximum Gasteiger partial charge on any atom is 0.234 e. The van der Waals surface area contributed by atoms with Gasteiger partial charge in [0.05, 0.1) is 10.8 Å². The van der Waals surface area contributed by atoms with Gasteiger partial charge >= 0.3 is 0 Å². The van der Waals surface area contributed by atoms with Crippen molar-refractivity contribution in [1.82, 2.24) is 14.8 Å². The van der Waals surface area contributed by atoms with E-state index in [-0.39, 0.29) is 11.7 Å². The molecule has 0 radical (unpaired) electrons. The molecule has 0 spiro atoms. The Kier molecular flexibility index (Phi) is 6.09. The lowest BCUT2D eigenvalue weighted by Gasteiger charge is -2.09. The maximum absolute atomic E-state index is 12.2. The van der Waals surface area contributed by atoms with Crippen LogP contribution >= 0.6 is 23.4 Å². The van der Waals surface area contributed by atoms with Crippen LogP contribution in [-0.4, -0.2) is 26.4 Å². The monoisotopic (exact) mass is 384 g/mol. The van der Waals surface area contributed by atoms with Crippen LogP contribution in [0.5, 0.6) is 0 Å². The van der Waals surface area contributed by atoms with Crippen LogP contribution in [0.25, 0.3) is 11.4 Å². The van der Waals surface area contributed by atoms with Gasteiger partial charge in [-0.25, -0.2) is 0 Å². The number of amides is 1. The maximum atomic E-state index is 12.2. The van der Waals surface area contributed by atoms with Crippen molar-refractivity contribution < 1.29 is 4.79 Å². The van der Waals surface area contributed by atoms with Gasteiger partial charge in [-0.05, 0) is 24.3 Å². The van der Waals surface area contributed by atoms with E-state index < -0.39 is 0 Å². The van der Waals surface area contributed by atoms with E-state index in [4.69, 9.17) is 11.6 Å². The Morgan fingerprint density at radius 2 is 1.88 bits per heavy atom. The molecule has 0 unspecified atom stereocenters. The molecular formula is C19H17ClN4OS. The van der Waals surface area contributed by atoms with Crippen molar-refractivity contribution in [2.75, 3.05) is 11.1 Å². The summed E-state index contributed by atoms with van der Waals surface area (Å²) in [5.74, 6) is 0.780. The van der Waals surface area contributed by atoms with E-state index in [1.165, 1.54) is 11.8 Å². The third-order valence-electron chi connectivity index (χ3n) is 3.53. The number of nitrogens with zero attached hydrogens (tertiary/aromatic N) is 3. The number of allylic oxidation sites excluding steroid dienone is 1. The van der Waals surface area contributed by atoms with E-state index in [0.29, 0.717) is 22.5 Å². The number of halogens is 1. The Bertz CT molecular complexity index is 911. The molecule has 0 aliphatic heterocycles. The molecule has 26 heavy (non-hydrogen) atoms. The van der Waals surface area contributed by atoms with E-state index >= 15 is 0 Å². The summed E-state index contributed by atoms with van der Waals surface area (Å²) < 4.78 is 1.90. The van der Waals surface area contributed by atoms with Crippen LogP contribution in [0.3, 0.4) is 0 Å². The Hall–Kier alpha value is -2.57. The van der Waals surface area contributed by atoms with Crippen LogP contribution in [-0.2, 0) is 11.3 Å². The zero-order chi connectivity index (χ0) is 18.4. The first-order valence-corrected chi connectivity index (χ1v) is 9.32. The first-order chi connectivity index (χ1) is 12.7. The highest BCUT2D eigenvalue weighted by molar-refractivity contribution is 7.99. The van der Waals surface area contributed by atoms with Crippen LogP contribution in [0.1, 0.15) is 0 Å². The highest BCUT2D eigenvalue weighted by atomic mass is 35.5. The topological polar surface area (TPSA) is 59.8 Å². The minimum absolute atomic E-state index is 0.103. The number of benzene rings is 2. The number of carbonyl (C=O) groups is 1. The van der Waals surface area contributed by atoms with Crippen LogP contribution in [0.15, 0.2) is 72.4 Å². The lowest BCUT2D eigenvalue weighted by atomic mass is 10.2. The molecule has 3 aromatic rings. The SMILES string of the molecule is C=CCn1c(SCC(=O)Nc2ccccc2)nnc1-c1ccccc1Cl. The molecule has 3 rings (SSSR count). The molecule has 1 aromatic heterocycles. The lowest BCUT2D eigenvalue weighted by Crippen LogP contribution is -2.14. The molecule has 7 heteroatoms. The number of carbonyl (C=O) groups excluding carboxylic acids is 1. The third-order valence-corrected chi connectivity index (χ3v) is 4.83. The third kappa shape index (κ3) is 4.33. The number of nitrogens with one attached hydrogen (secondary N) is 1. The van der Waals surface area contributed by atoms with Crippen LogP contribution in [0, 0.1) is 0 Å². The van der Waals surface area contributed by atoms with Crippen molar-refractivity contribution in [3.8, 4) is 11.4 Å². The van der Waals surface area contributed by atoms with Gasteiger partial charge in [0.25, 0.3) is 0 Å².